The van der Waals surface area contributed by atoms with Gasteiger partial charge in [-0.15, -0.1) is 0 Å². The molecule has 148 valence electrons. The third-order valence-corrected chi connectivity index (χ3v) is 6.52. The molecule has 0 saturated heterocycles. The molecule has 3 atom stereocenters. The van der Waals surface area contributed by atoms with Crippen molar-refractivity contribution < 1.29 is 9.84 Å². The maximum absolute atomic E-state index is 11.0. The normalized spacial score (nSPS) is 23.8. The number of aliphatic hydroxyl groups is 1. The molecule has 3 aromatic carbocycles. The Labute approximate surface area is 176 Å². The second-order valence-electron chi connectivity index (χ2n) is 8.61. The van der Waals surface area contributed by atoms with Gasteiger partial charge in [-0.1, -0.05) is 54.9 Å². The van der Waals surface area contributed by atoms with Crippen molar-refractivity contribution >= 4 is 17.3 Å². The number of benzene rings is 3. The molecular weight excluding hydrogens is 382 g/mol. The van der Waals surface area contributed by atoms with Gasteiger partial charge in [0.25, 0.3) is 0 Å². The Bertz CT molecular complexity index is 1090. The van der Waals surface area contributed by atoms with Crippen LogP contribution in [-0.4, -0.2) is 16.7 Å². The van der Waals surface area contributed by atoms with Crippen LogP contribution in [-0.2, 0) is 0 Å². The molecule has 2 N–H and O–H groups in total. The lowest BCUT2D eigenvalue weighted by molar-refractivity contribution is 0.0857. The fourth-order valence-corrected chi connectivity index (χ4v) is 4.93. The molecule has 0 unspecified atom stereocenters. The molecule has 4 heteroatoms. The topological polar surface area (TPSA) is 41.5 Å². The fraction of sp³-hybridized carbons (Fsp3) is 0.280. The van der Waals surface area contributed by atoms with Crippen molar-refractivity contribution in [2.24, 2.45) is 0 Å². The Hall–Kier alpha value is -2.49. The van der Waals surface area contributed by atoms with E-state index in [-0.39, 0.29) is 12.0 Å². The van der Waals surface area contributed by atoms with Gasteiger partial charge in [-0.2, -0.15) is 0 Å². The Morgan fingerprint density at radius 1 is 0.931 bits per heavy atom. The van der Waals surface area contributed by atoms with Crippen molar-refractivity contribution in [1.29, 1.82) is 0 Å². The number of hydrogen-bond acceptors (Lipinski definition) is 3. The summed E-state index contributed by atoms with van der Waals surface area (Å²) in [5.74, 6) is 0.845. The SMILES string of the molecule is C[C@@H]1c2c(ccc3c2[C@@H](c2ccc(Cl)cc2)Oc2ccccc2-3)NC(C)(C)[C@H]1O. The van der Waals surface area contributed by atoms with Crippen LogP contribution >= 0.6 is 11.6 Å². The van der Waals surface area contributed by atoms with Gasteiger partial charge in [-0.3, -0.25) is 0 Å². The number of hydrogen-bond donors (Lipinski definition) is 2. The Kier molecular flexibility index (Phi) is 4.16. The van der Waals surface area contributed by atoms with Crippen LogP contribution in [0.15, 0.2) is 60.7 Å². The van der Waals surface area contributed by atoms with E-state index >= 15 is 0 Å². The Morgan fingerprint density at radius 3 is 2.41 bits per heavy atom. The van der Waals surface area contributed by atoms with Crippen LogP contribution in [0.5, 0.6) is 5.75 Å². The molecule has 3 nitrogen and oxygen atoms in total. The molecule has 0 amide bonds. The predicted octanol–water partition coefficient (Wildman–Crippen LogP) is 6.16. The van der Waals surface area contributed by atoms with E-state index in [0.29, 0.717) is 5.02 Å². The van der Waals surface area contributed by atoms with Gasteiger partial charge in [0.15, 0.2) is 0 Å². The van der Waals surface area contributed by atoms with E-state index in [0.717, 1.165) is 39.3 Å². The van der Waals surface area contributed by atoms with Crippen LogP contribution in [0.4, 0.5) is 5.69 Å². The standard InChI is InChI=1S/C25H24ClNO2/c1-14-21-19(27-25(2,3)24(14)28)13-12-18-17-6-4-5-7-20(17)29-23(22(18)21)15-8-10-16(26)11-9-15/h4-14,23-24,27-28H,1-3H3/t14-,23-,24+/m1/s1. The number of fused-ring (bicyclic) bond motifs is 5. The van der Waals surface area contributed by atoms with Crippen LogP contribution in [0, 0.1) is 0 Å². The van der Waals surface area contributed by atoms with Crippen molar-refractivity contribution in [3.05, 3.63) is 82.4 Å². The van der Waals surface area contributed by atoms with E-state index in [1.54, 1.807) is 0 Å². The summed E-state index contributed by atoms with van der Waals surface area (Å²) in [7, 11) is 0. The number of nitrogens with one attached hydrogen (secondary N) is 1. The molecule has 0 fully saturated rings. The first-order valence-electron chi connectivity index (χ1n) is 10.0. The zero-order valence-electron chi connectivity index (χ0n) is 16.7. The second-order valence-corrected chi connectivity index (χ2v) is 9.05. The average molecular weight is 406 g/mol. The molecule has 3 aromatic rings. The summed E-state index contributed by atoms with van der Waals surface area (Å²) in [4.78, 5) is 0. The summed E-state index contributed by atoms with van der Waals surface area (Å²) >= 11 is 6.14. The van der Waals surface area contributed by atoms with E-state index in [1.165, 1.54) is 0 Å². The minimum atomic E-state index is -0.510. The second kappa shape index (κ2) is 6.51. The van der Waals surface area contributed by atoms with E-state index in [1.807, 2.05) is 56.3 Å². The molecule has 2 heterocycles. The predicted molar refractivity (Wildman–Crippen MR) is 118 cm³/mol. The highest BCUT2D eigenvalue weighted by molar-refractivity contribution is 6.30. The maximum atomic E-state index is 11.0. The maximum Gasteiger partial charge on any atom is 0.150 e. The zero-order chi connectivity index (χ0) is 20.3. The van der Waals surface area contributed by atoms with Gasteiger partial charge < -0.3 is 15.2 Å². The first kappa shape index (κ1) is 18.5. The van der Waals surface area contributed by atoms with Crippen LogP contribution in [0.25, 0.3) is 11.1 Å². The first-order chi connectivity index (χ1) is 13.9. The van der Waals surface area contributed by atoms with Crippen LogP contribution < -0.4 is 10.1 Å². The molecule has 0 spiro atoms. The van der Waals surface area contributed by atoms with E-state index in [4.69, 9.17) is 16.3 Å². The zero-order valence-corrected chi connectivity index (χ0v) is 17.5. The molecule has 0 saturated carbocycles. The summed E-state index contributed by atoms with van der Waals surface area (Å²) in [5.41, 5.74) is 6.21. The highest BCUT2D eigenvalue weighted by Gasteiger charge is 2.42. The molecule has 0 aromatic heterocycles. The van der Waals surface area contributed by atoms with Crippen molar-refractivity contribution in [3.8, 4) is 16.9 Å². The van der Waals surface area contributed by atoms with Crippen molar-refractivity contribution in [2.45, 2.75) is 44.4 Å². The third-order valence-electron chi connectivity index (χ3n) is 6.27. The minimum Gasteiger partial charge on any atom is -0.480 e. The smallest absolute Gasteiger partial charge is 0.150 e. The number of ether oxygens (including phenoxy) is 1. The molecular formula is C25H24ClNO2. The monoisotopic (exact) mass is 405 g/mol. The van der Waals surface area contributed by atoms with Crippen LogP contribution in [0.1, 0.15) is 49.5 Å². The molecule has 0 radical (unpaired) electrons. The summed E-state index contributed by atoms with van der Waals surface area (Å²) in [6.07, 6.45) is -0.769. The molecule has 0 bridgehead atoms. The van der Waals surface area contributed by atoms with Crippen LogP contribution in [0.3, 0.4) is 0 Å². The first-order valence-corrected chi connectivity index (χ1v) is 10.4. The lowest BCUT2D eigenvalue weighted by Gasteiger charge is -2.45. The Balaban J connectivity index is 1.79. The quantitative estimate of drug-likeness (QED) is 0.509. The summed E-state index contributed by atoms with van der Waals surface area (Å²) in [5, 5.41) is 15.3. The molecule has 2 aliphatic heterocycles. The van der Waals surface area contributed by atoms with Gasteiger partial charge in [-0.05, 0) is 54.8 Å². The average Bonchev–Trinajstić information content (AvgIpc) is 2.71. The number of para-hydroxylation sites is 1. The van der Waals surface area contributed by atoms with Crippen LogP contribution in [0.2, 0.25) is 5.02 Å². The molecule has 5 rings (SSSR count). The van der Waals surface area contributed by atoms with Crippen molar-refractivity contribution in [1.82, 2.24) is 0 Å². The lowest BCUT2D eigenvalue weighted by Crippen LogP contribution is -2.50. The van der Waals surface area contributed by atoms with Gasteiger partial charge >= 0.3 is 0 Å². The Morgan fingerprint density at radius 2 is 1.66 bits per heavy atom. The third kappa shape index (κ3) is 2.84. The number of halogens is 1. The number of aliphatic hydroxyl groups excluding tert-OH is 1. The van der Waals surface area contributed by atoms with E-state index in [2.05, 4.69) is 30.4 Å². The van der Waals surface area contributed by atoms with E-state index < -0.39 is 11.6 Å². The van der Waals surface area contributed by atoms with Gasteiger partial charge in [0.1, 0.15) is 11.9 Å². The fourth-order valence-electron chi connectivity index (χ4n) is 4.81. The summed E-state index contributed by atoms with van der Waals surface area (Å²) < 4.78 is 6.53. The molecule has 0 aliphatic carbocycles. The van der Waals surface area contributed by atoms with Crippen molar-refractivity contribution in [3.63, 3.8) is 0 Å². The highest BCUT2D eigenvalue weighted by atomic mass is 35.5. The van der Waals surface area contributed by atoms with Gasteiger partial charge in [0.05, 0.1) is 11.6 Å². The number of rotatable bonds is 1. The van der Waals surface area contributed by atoms with Gasteiger partial charge in [0, 0.05) is 27.8 Å². The van der Waals surface area contributed by atoms with Crippen molar-refractivity contribution in [2.75, 3.05) is 5.32 Å². The summed E-state index contributed by atoms with van der Waals surface area (Å²) in [6.45, 7) is 6.18. The summed E-state index contributed by atoms with van der Waals surface area (Å²) in [6, 6.07) is 20.3. The van der Waals surface area contributed by atoms with Gasteiger partial charge in [-0.25, -0.2) is 0 Å². The van der Waals surface area contributed by atoms with Gasteiger partial charge in [0.2, 0.25) is 0 Å². The lowest BCUT2D eigenvalue weighted by atomic mass is 9.74. The minimum absolute atomic E-state index is 0.0279. The largest absolute Gasteiger partial charge is 0.480 e. The highest BCUT2D eigenvalue weighted by Crippen LogP contribution is 2.52. The molecule has 29 heavy (non-hydrogen) atoms. The number of anilines is 1. The molecule has 2 aliphatic rings. The van der Waals surface area contributed by atoms with E-state index in [9.17, 15) is 5.11 Å².